The molecule has 0 saturated carbocycles. The minimum Gasteiger partial charge on any atom is -0.386 e. The van der Waals surface area contributed by atoms with Crippen LogP contribution in [0.1, 0.15) is 24.5 Å². The summed E-state index contributed by atoms with van der Waals surface area (Å²) in [4.78, 5) is 4.70. The van der Waals surface area contributed by atoms with Gasteiger partial charge >= 0.3 is 0 Å². The van der Waals surface area contributed by atoms with E-state index >= 15 is 0 Å². The van der Waals surface area contributed by atoms with Crippen molar-refractivity contribution in [1.82, 2.24) is 14.9 Å². The zero-order chi connectivity index (χ0) is 17.9. The molecule has 3 N–H and O–H groups in total. The number of nitrogens with zero attached hydrogens (tertiary/aromatic N) is 2. The lowest BCUT2D eigenvalue weighted by molar-refractivity contribution is 0.154. The zero-order valence-corrected chi connectivity index (χ0v) is 14.5. The predicted octanol–water partition coefficient (Wildman–Crippen LogP) is 3.07. The van der Waals surface area contributed by atoms with Crippen molar-refractivity contribution in [1.29, 1.82) is 0 Å². The number of halogens is 1. The first-order chi connectivity index (χ1) is 12.7. The maximum absolute atomic E-state index is 14.0. The van der Waals surface area contributed by atoms with E-state index < -0.39 is 11.9 Å². The van der Waals surface area contributed by atoms with Crippen LogP contribution in [0.5, 0.6) is 0 Å². The van der Waals surface area contributed by atoms with Crippen molar-refractivity contribution in [3.63, 3.8) is 0 Å². The second-order valence-electron chi connectivity index (χ2n) is 6.74. The monoisotopic (exact) mass is 354 g/mol. The molecular formula is C20H23FN4O. The number of hydrogen-bond acceptors (Lipinski definition) is 4. The molecule has 1 atom stereocenters. The summed E-state index contributed by atoms with van der Waals surface area (Å²) in [5, 5.41) is 17.5. The number of imidazole rings is 1. The summed E-state index contributed by atoms with van der Waals surface area (Å²) in [6.07, 6.45) is 1.11. The number of nitrogens with one attached hydrogen (secondary N) is 2. The van der Waals surface area contributed by atoms with Gasteiger partial charge < -0.3 is 20.3 Å². The van der Waals surface area contributed by atoms with Crippen LogP contribution in [-0.2, 0) is 6.54 Å². The molecule has 5 nitrogen and oxygen atoms in total. The van der Waals surface area contributed by atoms with Gasteiger partial charge in [-0.3, -0.25) is 0 Å². The lowest BCUT2D eigenvalue weighted by atomic mass is 10.1. The van der Waals surface area contributed by atoms with E-state index in [9.17, 15) is 9.50 Å². The first-order valence-corrected chi connectivity index (χ1v) is 9.07. The van der Waals surface area contributed by atoms with E-state index in [4.69, 9.17) is 4.98 Å². The highest BCUT2D eigenvalue weighted by Crippen LogP contribution is 2.26. The number of benzene rings is 2. The molecule has 0 aliphatic carbocycles. The second-order valence-corrected chi connectivity index (χ2v) is 6.74. The Hall–Kier alpha value is -2.44. The predicted molar refractivity (Wildman–Crippen MR) is 101 cm³/mol. The van der Waals surface area contributed by atoms with Gasteiger partial charge in [-0.1, -0.05) is 30.3 Å². The van der Waals surface area contributed by atoms with Gasteiger partial charge in [0.05, 0.1) is 23.7 Å². The molecule has 0 amide bonds. The van der Waals surface area contributed by atoms with Gasteiger partial charge in [-0.15, -0.1) is 0 Å². The van der Waals surface area contributed by atoms with Crippen molar-refractivity contribution < 1.29 is 9.50 Å². The Balaban J connectivity index is 1.65. The minimum atomic E-state index is -0.942. The Bertz CT molecular complexity index is 888. The summed E-state index contributed by atoms with van der Waals surface area (Å²) >= 11 is 0. The minimum absolute atomic E-state index is 0.245. The number of fused-ring (bicyclic) bond motifs is 1. The van der Waals surface area contributed by atoms with Gasteiger partial charge in [-0.25, -0.2) is 9.37 Å². The van der Waals surface area contributed by atoms with Gasteiger partial charge in [0.1, 0.15) is 5.82 Å². The summed E-state index contributed by atoms with van der Waals surface area (Å²) < 4.78 is 16.0. The molecule has 2 heterocycles. The largest absolute Gasteiger partial charge is 0.386 e. The number of rotatable bonds is 5. The summed E-state index contributed by atoms with van der Waals surface area (Å²) in [6.45, 7) is 2.21. The van der Waals surface area contributed by atoms with E-state index in [1.807, 2.05) is 28.8 Å². The van der Waals surface area contributed by atoms with Gasteiger partial charge in [0.15, 0.2) is 0 Å². The first-order valence-electron chi connectivity index (χ1n) is 9.07. The van der Waals surface area contributed by atoms with Crippen LogP contribution in [0.15, 0.2) is 48.5 Å². The molecule has 6 heteroatoms. The highest BCUT2D eigenvalue weighted by Gasteiger charge is 2.20. The Morgan fingerprint density at radius 2 is 1.88 bits per heavy atom. The fraction of sp³-hybridized carbons (Fsp3) is 0.350. The average molecular weight is 354 g/mol. The summed E-state index contributed by atoms with van der Waals surface area (Å²) in [5.74, 6) is 0.339. The van der Waals surface area contributed by atoms with Crippen molar-refractivity contribution in [3.05, 3.63) is 59.9 Å². The van der Waals surface area contributed by atoms with Crippen LogP contribution < -0.4 is 10.6 Å². The van der Waals surface area contributed by atoms with Crippen molar-refractivity contribution in [2.75, 3.05) is 18.4 Å². The van der Waals surface area contributed by atoms with E-state index in [1.165, 1.54) is 6.07 Å². The maximum Gasteiger partial charge on any atom is 0.204 e. The number of aromatic nitrogens is 2. The summed E-state index contributed by atoms with van der Waals surface area (Å²) in [5.41, 5.74) is 2.10. The number of hydrogen-bond donors (Lipinski definition) is 3. The SMILES string of the molecule is OC(Cn1c(NC2CCNCC2)nc2ccccc21)c1ccccc1F. The second kappa shape index (κ2) is 7.43. The number of para-hydroxylation sites is 2. The number of anilines is 1. The van der Waals surface area contributed by atoms with Crippen molar-refractivity contribution in [3.8, 4) is 0 Å². The molecular weight excluding hydrogens is 331 g/mol. The molecule has 3 aromatic rings. The standard InChI is InChI=1S/C20H23FN4O/c21-16-6-2-1-5-15(16)19(26)13-25-18-8-4-3-7-17(18)24-20(25)23-14-9-11-22-12-10-14/h1-8,14,19,22,26H,9-13H2,(H,23,24). The average Bonchev–Trinajstić information content (AvgIpc) is 3.00. The van der Waals surface area contributed by atoms with Gasteiger partial charge in [0.2, 0.25) is 5.95 Å². The maximum atomic E-state index is 14.0. The lowest BCUT2D eigenvalue weighted by Gasteiger charge is -2.25. The number of aliphatic hydroxyl groups excluding tert-OH is 1. The van der Waals surface area contributed by atoms with Crippen LogP contribution in [-0.4, -0.2) is 33.8 Å². The summed E-state index contributed by atoms with van der Waals surface area (Å²) in [7, 11) is 0. The van der Waals surface area contributed by atoms with Crippen LogP contribution in [0.3, 0.4) is 0 Å². The van der Waals surface area contributed by atoms with Crippen LogP contribution in [0, 0.1) is 5.82 Å². The molecule has 0 radical (unpaired) electrons. The third-order valence-electron chi connectivity index (χ3n) is 4.95. The number of piperidine rings is 1. The van der Waals surface area contributed by atoms with Crippen molar-refractivity contribution in [2.45, 2.75) is 31.5 Å². The highest BCUT2D eigenvalue weighted by molar-refractivity contribution is 5.78. The fourth-order valence-electron chi connectivity index (χ4n) is 3.54. The number of aliphatic hydroxyl groups is 1. The fourth-order valence-corrected chi connectivity index (χ4v) is 3.54. The quantitative estimate of drug-likeness (QED) is 0.659. The Morgan fingerprint density at radius 3 is 2.69 bits per heavy atom. The van der Waals surface area contributed by atoms with Crippen LogP contribution in [0.4, 0.5) is 10.3 Å². The van der Waals surface area contributed by atoms with E-state index in [-0.39, 0.29) is 6.54 Å². The molecule has 0 spiro atoms. The Labute approximate surface area is 151 Å². The van der Waals surface area contributed by atoms with Gasteiger partial charge in [-0.2, -0.15) is 0 Å². The Morgan fingerprint density at radius 1 is 1.15 bits per heavy atom. The lowest BCUT2D eigenvalue weighted by Crippen LogP contribution is -2.36. The molecule has 26 heavy (non-hydrogen) atoms. The molecule has 1 saturated heterocycles. The van der Waals surface area contributed by atoms with Crippen molar-refractivity contribution >= 4 is 17.0 Å². The normalized spacial score (nSPS) is 16.7. The van der Waals surface area contributed by atoms with Gasteiger partial charge in [0.25, 0.3) is 0 Å². The van der Waals surface area contributed by atoms with Gasteiger partial charge in [0, 0.05) is 11.6 Å². The molecule has 1 aliphatic heterocycles. The Kier molecular flexibility index (Phi) is 4.86. The molecule has 4 rings (SSSR count). The van der Waals surface area contributed by atoms with E-state index in [0.717, 1.165) is 42.9 Å². The molecule has 136 valence electrons. The first kappa shape index (κ1) is 17.0. The smallest absolute Gasteiger partial charge is 0.204 e. The van der Waals surface area contributed by atoms with Crippen LogP contribution in [0.2, 0.25) is 0 Å². The third kappa shape index (κ3) is 3.43. The molecule has 2 aromatic carbocycles. The highest BCUT2D eigenvalue weighted by atomic mass is 19.1. The topological polar surface area (TPSA) is 62.1 Å². The third-order valence-corrected chi connectivity index (χ3v) is 4.95. The van der Waals surface area contributed by atoms with E-state index in [0.29, 0.717) is 11.6 Å². The van der Waals surface area contributed by atoms with E-state index in [1.54, 1.807) is 18.2 Å². The molecule has 1 unspecified atom stereocenters. The summed E-state index contributed by atoms with van der Waals surface area (Å²) in [6, 6.07) is 14.5. The molecule has 1 fully saturated rings. The van der Waals surface area contributed by atoms with Crippen LogP contribution >= 0.6 is 0 Å². The molecule has 0 bridgehead atoms. The van der Waals surface area contributed by atoms with Crippen molar-refractivity contribution in [2.24, 2.45) is 0 Å². The molecule has 1 aromatic heterocycles. The molecule has 1 aliphatic rings. The van der Waals surface area contributed by atoms with E-state index in [2.05, 4.69) is 10.6 Å². The van der Waals surface area contributed by atoms with Gasteiger partial charge in [-0.05, 0) is 44.1 Å². The van der Waals surface area contributed by atoms with Crippen LogP contribution in [0.25, 0.3) is 11.0 Å². The zero-order valence-electron chi connectivity index (χ0n) is 14.5.